The maximum Gasteiger partial charge on any atom is 0.231 e. The molecule has 4 rings (SSSR count). The van der Waals surface area contributed by atoms with Gasteiger partial charge in [0.1, 0.15) is 11.3 Å². The lowest BCUT2D eigenvalue weighted by Crippen LogP contribution is -2.27. The molecule has 0 aliphatic rings. The summed E-state index contributed by atoms with van der Waals surface area (Å²) in [6, 6.07) is 17.5. The Morgan fingerprint density at radius 1 is 0.963 bits per heavy atom. The first kappa shape index (κ1) is 17.1. The summed E-state index contributed by atoms with van der Waals surface area (Å²) in [5, 5.41) is 3.45. The molecule has 5 nitrogen and oxygen atoms in total. The molecule has 27 heavy (non-hydrogen) atoms. The predicted octanol–water partition coefficient (Wildman–Crippen LogP) is 5.35. The van der Waals surface area contributed by atoms with Crippen LogP contribution in [-0.2, 0) is 0 Å². The average molecular weight is 358 g/mol. The number of benzene rings is 2. The largest absolute Gasteiger partial charge is 0.436 e. The molecule has 0 saturated carbocycles. The summed E-state index contributed by atoms with van der Waals surface area (Å²) in [6.07, 6.45) is 1.84. The first-order chi connectivity index (χ1) is 12.9. The lowest BCUT2D eigenvalue weighted by molar-refractivity contribution is 0.614. The van der Waals surface area contributed by atoms with E-state index in [1.165, 1.54) is 0 Å². The van der Waals surface area contributed by atoms with E-state index >= 15 is 0 Å². The summed E-state index contributed by atoms with van der Waals surface area (Å²) in [5.41, 5.74) is 10.9. The van der Waals surface area contributed by atoms with E-state index < -0.39 is 0 Å². The summed E-state index contributed by atoms with van der Waals surface area (Å²) in [4.78, 5) is 9.32. The lowest BCUT2D eigenvalue weighted by Gasteiger charge is -2.23. The quantitative estimate of drug-likeness (QED) is 0.483. The molecule has 0 radical (unpaired) electrons. The number of anilines is 2. The molecule has 2 heterocycles. The van der Waals surface area contributed by atoms with Gasteiger partial charge in [0.2, 0.25) is 5.89 Å². The minimum Gasteiger partial charge on any atom is -0.436 e. The highest BCUT2D eigenvalue weighted by Gasteiger charge is 2.19. The van der Waals surface area contributed by atoms with Gasteiger partial charge in [0.05, 0.1) is 5.56 Å². The molecule has 0 fully saturated rings. The average Bonchev–Trinajstić information content (AvgIpc) is 3.04. The Balaban J connectivity index is 1.88. The molecule has 0 unspecified atom stereocenters. The summed E-state index contributed by atoms with van der Waals surface area (Å²) >= 11 is 0. The number of oxazole rings is 1. The van der Waals surface area contributed by atoms with Gasteiger partial charge in [-0.15, -0.1) is 0 Å². The van der Waals surface area contributed by atoms with E-state index in [9.17, 15) is 0 Å². The molecule has 3 N–H and O–H groups in total. The van der Waals surface area contributed by atoms with Crippen molar-refractivity contribution in [1.29, 1.82) is 0 Å². The standard InChI is InChI=1S/C22H22N4O/c1-22(2,3)26-20-17(21-25-18-9-4-5-10-19(18)27-21)12-15(13-24-20)14-7-6-8-16(23)11-14/h4-13H,23H2,1-3H3,(H,24,26). The molecule has 0 saturated heterocycles. The minimum absolute atomic E-state index is 0.146. The van der Waals surface area contributed by atoms with Gasteiger partial charge in [-0.25, -0.2) is 9.97 Å². The first-order valence-electron chi connectivity index (χ1n) is 8.89. The number of hydrogen-bond donors (Lipinski definition) is 2. The molecular formula is C22H22N4O. The molecule has 0 spiro atoms. The zero-order valence-corrected chi connectivity index (χ0v) is 15.7. The topological polar surface area (TPSA) is 77.0 Å². The Morgan fingerprint density at radius 2 is 1.78 bits per heavy atom. The Bertz CT molecular complexity index is 1080. The molecule has 0 atom stereocenters. The summed E-state index contributed by atoms with van der Waals surface area (Å²) in [7, 11) is 0. The molecule has 136 valence electrons. The Hall–Kier alpha value is -3.34. The van der Waals surface area contributed by atoms with Crippen molar-refractivity contribution in [1.82, 2.24) is 9.97 Å². The monoisotopic (exact) mass is 358 g/mol. The van der Waals surface area contributed by atoms with Gasteiger partial charge in [0.15, 0.2) is 5.58 Å². The predicted molar refractivity (Wildman–Crippen MR) is 110 cm³/mol. The van der Waals surface area contributed by atoms with Crippen molar-refractivity contribution in [3.8, 4) is 22.6 Å². The van der Waals surface area contributed by atoms with Crippen molar-refractivity contribution in [3.05, 3.63) is 60.8 Å². The highest BCUT2D eigenvalue weighted by atomic mass is 16.3. The SMILES string of the molecule is CC(C)(C)Nc1ncc(-c2cccc(N)c2)cc1-c1nc2ccccc2o1. The zero-order chi connectivity index (χ0) is 19.0. The van der Waals surface area contributed by atoms with E-state index in [0.29, 0.717) is 11.6 Å². The summed E-state index contributed by atoms with van der Waals surface area (Å²) in [6.45, 7) is 6.28. The van der Waals surface area contributed by atoms with Gasteiger partial charge in [-0.2, -0.15) is 0 Å². The van der Waals surface area contributed by atoms with Gasteiger partial charge in [-0.1, -0.05) is 24.3 Å². The van der Waals surface area contributed by atoms with Gasteiger partial charge < -0.3 is 15.5 Å². The lowest BCUT2D eigenvalue weighted by atomic mass is 10.0. The van der Waals surface area contributed by atoms with Crippen LogP contribution in [0.4, 0.5) is 11.5 Å². The normalized spacial score (nSPS) is 11.7. The van der Waals surface area contributed by atoms with E-state index in [1.54, 1.807) is 0 Å². The van der Waals surface area contributed by atoms with Crippen molar-refractivity contribution in [2.45, 2.75) is 26.3 Å². The minimum atomic E-state index is -0.146. The Kier molecular flexibility index (Phi) is 4.07. The number of nitrogens with zero attached hydrogens (tertiary/aromatic N) is 2. The fourth-order valence-corrected chi connectivity index (χ4v) is 2.95. The van der Waals surface area contributed by atoms with E-state index in [2.05, 4.69) is 36.1 Å². The highest BCUT2D eigenvalue weighted by molar-refractivity contribution is 5.82. The number of fused-ring (bicyclic) bond motifs is 1. The Morgan fingerprint density at radius 3 is 2.52 bits per heavy atom. The molecule has 2 aromatic heterocycles. The van der Waals surface area contributed by atoms with Crippen molar-refractivity contribution in [2.24, 2.45) is 0 Å². The Labute approximate surface area is 158 Å². The molecule has 5 heteroatoms. The second-order valence-electron chi connectivity index (χ2n) is 7.61. The van der Waals surface area contributed by atoms with Crippen molar-refractivity contribution in [2.75, 3.05) is 11.1 Å². The maximum atomic E-state index is 6.01. The van der Waals surface area contributed by atoms with E-state index in [4.69, 9.17) is 10.2 Å². The van der Waals surface area contributed by atoms with Crippen molar-refractivity contribution >= 4 is 22.6 Å². The second kappa shape index (κ2) is 6.43. The van der Waals surface area contributed by atoms with Crippen molar-refractivity contribution in [3.63, 3.8) is 0 Å². The van der Waals surface area contributed by atoms with Crippen LogP contribution in [0.5, 0.6) is 0 Å². The zero-order valence-electron chi connectivity index (χ0n) is 15.7. The van der Waals surface area contributed by atoms with Gasteiger partial charge >= 0.3 is 0 Å². The number of nitrogens with one attached hydrogen (secondary N) is 1. The highest BCUT2D eigenvalue weighted by Crippen LogP contribution is 2.34. The molecule has 4 aromatic rings. The van der Waals surface area contributed by atoms with Crippen LogP contribution in [0, 0.1) is 0 Å². The van der Waals surface area contributed by atoms with Crippen LogP contribution in [0.1, 0.15) is 20.8 Å². The number of aromatic nitrogens is 2. The molecule has 0 amide bonds. The third-order valence-corrected chi connectivity index (χ3v) is 4.13. The van der Waals surface area contributed by atoms with Crippen LogP contribution in [0.15, 0.2) is 65.2 Å². The third kappa shape index (κ3) is 3.62. The fraction of sp³-hybridized carbons (Fsp3) is 0.182. The number of nitrogen functional groups attached to an aromatic ring is 1. The van der Waals surface area contributed by atoms with E-state index in [1.807, 2.05) is 60.8 Å². The number of nitrogens with two attached hydrogens (primary N) is 1. The number of para-hydroxylation sites is 2. The summed E-state index contributed by atoms with van der Waals surface area (Å²) in [5.74, 6) is 1.28. The van der Waals surface area contributed by atoms with Gasteiger partial charge in [-0.05, 0) is 56.7 Å². The van der Waals surface area contributed by atoms with Crippen LogP contribution in [0.3, 0.4) is 0 Å². The molecular weight excluding hydrogens is 336 g/mol. The first-order valence-corrected chi connectivity index (χ1v) is 8.89. The van der Waals surface area contributed by atoms with Gasteiger partial charge in [-0.3, -0.25) is 0 Å². The fourth-order valence-electron chi connectivity index (χ4n) is 2.95. The van der Waals surface area contributed by atoms with Crippen LogP contribution < -0.4 is 11.1 Å². The molecule has 0 bridgehead atoms. The number of pyridine rings is 1. The smallest absolute Gasteiger partial charge is 0.231 e. The molecule has 0 aliphatic carbocycles. The maximum absolute atomic E-state index is 6.01. The van der Waals surface area contributed by atoms with Crippen molar-refractivity contribution < 1.29 is 4.42 Å². The summed E-state index contributed by atoms with van der Waals surface area (Å²) < 4.78 is 6.01. The third-order valence-electron chi connectivity index (χ3n) is 4.13. The van der Waals surface area contributed by atoms with Gasteiger partial charge in [0.25, 0.3) is 0 Å². The van der Waals surface area contributed by atoms with Crippen LogP contribution in [-0.4, -0.2) is 15.5 Å². The second-order valence-corrected chi connectivity index (χ2v) is 7.61. The van der Waals surface area contributed by atoms with Crippen LogP contribution in [0.2, 0.25) is 0 Å². The van der Waals surface area contributed by atoms with Crippen LogP contribution in [0.25, 0.3) is 33.7 Å². The van der Waals surface area contributed by atoms with Crippen LogP contribution >= 0.6 is 0 Å². The number of rotatable bonds is 3. The molecule has 0 aliphatic heterocycles. The number of hydrogen-bond acceptors (Lipinski definition) is 5. The van der Waals surface area contributed by atoms with Gasteiger partial charge in [0, 0.05) is 23.0 Å². The van der Waals surface area contributed by atoms with E-state index in [-0.39, 0.29) is 5.54 Å². The van der Waals surface area contributed by atoms with E-state index in [0.717, 1.165) is 33.6 Å². The molecule has 2 aromatic carbocycles.